The van der Waals surface area contributed by atoms with Crippen molar-refractivity contribution in [1.82, 2.24) is 15.3 Å². The molecule has 1 aliphatic rings. The van der Waals surface area contributed by atoms with E-state index in [-0.39, 0.29) is 6.10 Å². The van der Waals surface area contributed by atoms with Crippen LogP contribution in [0.25, 0.3) is 0 Å². The van der Waals surface area contributed by atoms with E-state index in [1.165, 1.54) is 0 Å². The Morgan fingerprint density at radius 3 is 2.67 bits per heavy atom. The minimum Gasteiger partial charge on any atom is -0.486 e. The zero-order chi connectivity index (χ0) is 10.7. The lowest BCUT2D eigenvalue weighted by molar-refractivity contribution is 0.221. The topological polar surface area (TPSA) is 47.0 Å². The maximum Gasteiger partial charge on any atom is 0.156 e. The predicted octanol–water partition coefficient (Wildman–Crippen LogP) is 1.34. The quantitative estimate of drug-likeness (QED) is 0.812. The molecule has 1 fully saturated rings. The van der Waals surface area contributed by atoms with Crippen LogP contribution >= 0.6 is 0 Å². The van der Waals surface area contributed by atoms with Crippen LogP contribution in [0.3, 0.4) is 0 Å². The van der Waals surface area contributed by atoms with Gasteiger partial charge in [0.15, 0.2) is 5.75 Å². The molecule has 0 radical (unpaired) electrons. The van der Waals surface area contributed by atoms with Crippen molar-refractivity contribution in [1.29, 1.82) is 0 Å². The number of nitrogens with zero attached hydrogens (tertiary/aromatic N) is 2. The Hall–Kier alpha value is -1.16. The van der Waals surface area contributed by atoms with E-state index >= 15 is 0 Å². The molecule has 4 nitrogen and oxygen atoms in total. The first-order valence-corrected chi connectivity index (χ1v) is 5.45. The molecule has 2 rings (SSSR count). The lowest BCUT2D eigenvalue weighted by Gasteiger charge is -2.12. The standard InChI is InChI=1S/C11H17N3O/c1-8(2)11-13-6-10(7-14-11)15-9-3-4-12-5-9/h6-9,12H,3-5H2,1-2H3. The van der Waals surface area contributed by atoms with Crippen LogP contribution in [0.4, 0.5) is 0 Å². The summed E-state index contributed by atoms with van der Waals surface area (Å²) in [5, 5.41) is 3.26. The van der Waals surface area contributed by atoms with Crippen molar-refractivity contribution in [2.24, 2.45) is 0 Å². The summed E-state index contributed by atoms with van der Waals surface area (Å²) in [6, 6.07) is 0. The van der Waals surface area contributed by atoms with Gasteiger partial charge in [-0.1, -0.05) is 13.8 Å². The van der Waals surface area contributed by atoms with Crippen molar-refractivity contribution in [2.75, 3.05) is 13.1 Å². The summed E-state index contributed by atoms with van der Waals surface area (Å²) in [6.07, 6.45) is 4.87. The van der Waals surface area contributed by atoms with Crippen LogP contribution in [-0.2, 0) is 0 Å². The molecule has 1 aromatic rings. The van der Waals surface area contributed by atoms with Crippen LogP contribution in [-0.4, -0.2) is 29.2 Å². The van der Waals surface area contributed by atoms with E-state index in [9.17, 15) is 0 Å². The third-order valence-corrected chi connectivity index (χ3v) is 2.48. The molecule has 0 amide bonds. The molecule has 1 N–H and O–H groups in total. The van der Waals surface area contributed by atoms with Crippen LogP contribution in [0, 0.1) is 0 Å². The van der Waals surface area contributed by atoms with Gasteiger partial charge < -0.3 is 10.1 Å². The molecule has 1 unspecified atom stereocenters. The molecule has 0 aliphatic carbocycles. The molecule has 1 atom stereocenters. The van der Waals surface area contributed by atoms with Crippen LogP contribution in [0.15, 0.2) is 12.4 Å². The van der Waals surface area contributed by atoms with Gasteiger partial charge in [0, 0.05) is 12.5 Å². The molecule has 1 aromatic heterocycles. The van der Waals surface area contributed by atoms with Gasteiger partial charge in [0.2, 0.25) is 0 Å². The average molecular weight is 207 g/mol. The normalized spacial score (nSPS) is 20.9. The first-order valence-electron chi connectivity index (χ1n) is 5.45. The number of aromatic nitrogens is 2. The zero-order valence-electron chi connectivity index (χ0n) is 9.23. The largest absolute Gasteiger partial charge is 0.486 e. The first kappa shape index (κ1) is 10.4. The molecule has 15 heavy (non-hydrogen) atoms. The van der Waals surface area contributed by atoms with E-state index in [0.717, 1.165) is 31.1 Å². The Kier molecular flexibility index (Phi) is 3.16. The van der Waals surface area contributed by atoms with Gasteiger partial charge in [-0.2, -0.15) is 0 Å². The summed E-state index contributed by atoms with van der Waals surface area (Å²) in [6.45, 7) is 6.12. The third-order valence-electron chi connectivity index (χ3n) is 2.48. The van der Waals surface area contributed by atoms with Crippen molar-refractivity contribution in [3.05, 3.63) is 18.2 Å². The molecular weight excluding hydrogens is 190 g/mol. The van der Waals surface area contributed by atoms with Gasteiger partial charge >= 0.3 is 0 Å². The van der Waals surface area contributed by atoms with Crippen molar-refractivity contribution < 1.29 is 4.74 Å². The second-order valence-corrected chi connectivity index (χ2v) is 4.16. The van der Waals surface area contributed by atoms with Gasteiger partial charge in [0.05, 0.1) is 12.4 Å². The van der Waals surface area contributed by atoms with Crippen LogP contribution in [0.2, 0.25) is 0 Å². The van der Waals surface area contributed by atoms with Gasteiger partial charge in [0.25, 0.3) is 0 Å². The van der Waals surface area contributed by atoms with Gasteiger partial charge in [-0.3, -0.25) is 0 Å². The smallest absolute Gasteiger partial charge is 0.156 e. The fraction of sp³-hybridized carbons (Fsp3) is 0.636. The van der Waals surface area contributed by atoms with Gasteiger partial charge in [0.1, 0.15) is 11.9 Å². The van der Waals surface area contributed by atoms with Gasteiger partial charge in [-0.25, -0.2) is 9.97 Å². The highest BCUT2D eigenvalue weighted by molar-refractivity contribution is 5.14. The second kappa shape index (κ2) is 4.57. The summed E-state index contributed by atoms with van der Waals surface area (Å²) in [5.74, 6) is 2.01. The number of rotatable bonds is 3. The minimum absolute atomic E-state index is 0.276. The second-order valence-electron chi connectivity index (χ2n) is 4.16. The summed E-state index contributed by atoms with van der Waals surface area (Å²) < 4.78 is 5.72. The van der Waals surface area contributed by atoms with Crippen molar-refractivity contribution in [2.45, 2.75) is 32.3 Å². The molecule has 0 bridgehead atoms. The van der Waals surface area contributed by atoms with Gasteiger partial charge in [-0.15, -0.1) is 0 Å². The Balaban J connectivity index is 1.97. The van der Waals surface area contributed by atoms with Gasteiger partial charge in [-0.05, 0) is 13.0 Å². The lowest BCUT2D eigenvalue weighted by Crippen LogP contribution is -2.19. The maximum absolute atomic E-state index is 5.72. The van der Waals surface area contributed by atoms with E-state index in [0.29, 0.717) is 5.92 Å². The fourth-order valence-electron chi connectivity index (χ4n) is 1.61. The SMILES string of the molecule is CC(C)c1ncc(OC2CCNC2)cn1. The summed E-state index contributed by atoms with van der Waals surface area (Å²) in [7, 11) is 0. The van der Waals surface area contributed by atoms with Crippen LogP contribution < -0.4 is 10.1 Å². The predicted molar refractivity (Wildman–Crippen MR) is 58.0 cm³/mol. The summed E-state index contributed by atoms with van der Waals surface area (Å²) >= 11 is 0. The van der Waals surface area contributed by atoms with Crippen molar-refractivity contribution in [3.63, 3.8) is 0 Å². The highest BCUT2D eigenvalue weighted by atomic mass is 16.5. The lowest BCUT2D eigenvalue weighted by atomic mass is 10.2. The Labute approximate surface area is 90.1 Å². The fourth-order valence-corrected chi connectivity index (χ4v) is 1.61. The molecule has 0 saturated carbocycles. The molecule has 0 spiro atoms. The van der Waals surface area contributed by atoms with E-state index < -0.39 is 0 Å². The average Bonchev–Trinajstić information content (AvgIpc) is 2.71. The van der Waals surface area contributed by atoms with E-state index in [1.54, 1.807) is 12.4 Å². The number of ether oxygens (including phenoxy) is 1. The van der Waals surface area contributed by atoms with Crippen molar-refractivity contribution >= 4 is 0 Å². The first-order chi connectivity index (χ1) is 7.25. The molecular formula is C11H17N3O. The van der Waals surface area contributed by atoms with E-state index in [2.05, 4.69) is 29.1 Å². The molecule has 4 heteroatoms. The molecule has 1 aliphatic heterocycles. The maximum atomic E-state index is 5.72. The van der Waals surface area contributed by atoms with Crippen LogP contribution in [0.1, 0.15) is 32.0 Å². The highest BCUT2D eigenvalue weighted by Gasteiger charge is 2.16. The summed E-state index contributed by atoms with van der Waals surface area (Å²) in [5.41, 5.74) is 0. The molecule has 2 heterocycles. The molecule has 82 valence electrons. The number of hydrogen-bond donors (Lipinski definition) is 1. The Bertz CT molecular complexity index is 304. The monoisotopic (exact) mass is 207 g/mol. The molecule has 0 aromatic carbocycles. The highest BCUT2D eigenvalue weighted by Crippen LogP contribution is 2.15. The van der Waals surface area contributed by atoms with Crippen LogP contribution in [0.5, 0.6) is 5.75 Å². The third kappa shape index (κ3) is 2.65. The van der Waals surface area contributed by atoms with E-state index in [1.807, 2.05) is 0 Å². The Morgan fingerprint density at radius 2 is 2.13 bits per heavy atom. The van der Waals surface area contributed by atoms with E-state index in [4.69, 9.17) is 4.74 Å². The number of nitrogens with one attached hydrogen (secondary N) is 1. The zero-order valence-corrected chi connectivity index (χ0v) is 9.23. The molecule has 1 saturated heterocycles. The van der Waals surface area contributed by atoms with Crippen molar-refractivity contribution in [3.8, 4) is 5.75 Å². The minimum atomic E-state index is 0.276. The Morgan fingerprint density at radius 1 is 1.40 bits per heavy atom. The summed E-state index contributed by atoms with van der Waals surface area (Å²) in [4.78, 5) is 8.53. The number of hydrogen-bond acceptors (Lipinski definition) is 4.